The standard InChI is InChI=1S/C26H27F3N2O2/c1-2-3-9-19-14-16-22(17-15-19)30-25(32)31-23(20-10-5-4-6-11-20)18-21-12-7-8-13-24(21)33-26(27,28)29/h4-8,10-17,23H,2-3,9,18H2,1H3,(H2,30,31,32). The van der Waals surface area contributed by atoms with Crippen molar-refractivity contribution in [3.8, 4) is 5.75 Å². The fourth-order valence-corrected chi connectivity index (χ4v) is 3.52. The van der Waals surface area contributed by atoms with E-state index in [-0.39, 0.29) is 12.2 Å². The lowest BCUT2D eigenvalue weighted by atomic mass is 9.98. The van der Waals surface area contributed by atoms with E-state index in [9.17, 15) is 18.0 Å². The molecule has 4 nitrogen and oxygen atoms in total. The number of urea groups is 1. The van der Waals surface area contributed by atoms with E-state index in [0.29, 0.717) is 11.3 Å². The van der Waals surface area contributed by atoms with Gasteiger partial charge in [0.05, 0.1) is 6.04 Å². The van der Waals surface area contributed by atoms with Gasteiger partial charge in [-0.05, 0) is 47.7 Å². The van der Waals surface area contributed by atoms with Crippen LogP contribution in [0.3, 0.4) is 0 Å². The van der Waals surface area contributed by atoms with Crippen LogP contribution in [0.15, 0.2) is 78.9 Å². The largest absolute Gasteiger partial charge is 0.573 e. The molecular weight excluding hydrogens is 429 g/mol. The van der Waals surface area contributed by atoms with E-state index < -0.39 is 18.4 Å². The first-order valence-electron chi connectivity index (χ1n) is 10.9. The van der Waals surface area contributed by atoms with Gasteiger partial charge in [0.15, 0.2) is 0 Å². The van der Waals surface area contributed by atoms with Gasteiger partial charge in [-0.15, -0.1) is 13.2 Å². The molecule has 0 bridgehead atoms. The Hall–Kier alpha value is -3.48. The number of anilines is 1. The Balaban J connectivity index is 1.74. The minimum absolute atomic E-state index is 0.125. The third-order valence-corrected chi connectivity index (χ3v) is 5.16. The molecule has 0 saturated heterocycles. The highest BCUT2D eigenvalue weighted by molar-refractivity contribution is 5.89. The van der Waals surface area contributed by atoms with Gasteiger partial charge in [-0.3, -0.25) is 0 Å². The zero-order chi connectivity index (χ0) is 23.7. The summed E-state index contributed by atoms with van der Waals surface area (Å²) in [5.41, 5.74) is 2.94. The minimum Gasteiger partial charge on any atom is -0.406 e. The highest BCUT2D eigenvalue weighted by Crippen LogP contribution is 2.30. The van der Waals surface area contributed by atoms with Crippen LogP contribution in [0.5, 0.6) is 5.75 Å². The van der Waals surface area contributed by atoms with E-state index in [0.717, 1.165) is 24.8 Å². The topological polar surface area (TPSA) is 50.4 Å². The number of aryl methyl sites for hydroxylation is 1. The molecule has 0 aliphatic carbocycles. The van der Waals surface area contributed by atoms with Crippen molar-refractivity contribution in [3.63, 3.8) is 0 Å². The van der Waals surface area contributed by atoms with E-state index >= 15 is 0 Å². The van der Waals surface area contributed by atoms with E-state index in [4.69, 9.17) is 0 Å². The molecule has 3 aromatic carbocycles. The first-order chi connectivity index (χ1) is 15.8. The summed E-state index contributed by atoms with van der Waals surface area (Å²) in [5.74, 6) is -0.282. The Kier molecular flexibility index (Phi) is 8.35. The fraction of sp³-hybridized carbons (Fsp3) is 0.269. The van der Waals surface area contributed by atoms with Crippen LogP contribution in [-0.4, -0.2) is 12.4 Å². The molecule has 3 rings (SSSR count). The van der Waals surface area contributed by atoms with Crippen molar-refractivity contribution in [1.29, 1.82) is 0 Å². The zero-order valence-corrected chi connectivity index (χ0v) is 18.4. The Morgan fingerprint density at radius 2 is 1.61 bits per heavy atom. The first kappa shape index (κ1) is 24.2. The van der Waals surface area contributed by atoms with Crippen LogP contribution in [0.25, 0.3) is 0 Å². The third kappa shape index (κ3) is 7.86. The third-order valence-electron chi connectivity index (χ3n) is 5.16. The number of unbranched alkanes of at least 4 members (excludes halogenated alkanes) is 1. The maximum absolute atomic E-state index is 12.8. The summed E-state index contributed by atoms with van der Waals surface area (Å²) in [7, 11) is 0. The average Bonchev–Trinajstić information content (AvgIpc) is 2.79. The quantitative estimate of drug-likeness (QED) is 0.363. The minimum atomic E-state index is -4.80. The second-order valence-electron chi connectivity index (χ2n) is 7.72. The van der Waals surface area contributed by atoms with Gasteiger partial charge in [0.2, 0.25) is 0 Å². The second kappa shape index (κ2) is 11.4. The number of hydrogen-bond acceptors (Lipinski definition) is 2. The Morgan fingerprint density at radius 3 is 2.27 bits per heavy atom. The summed E-state index contributed by atoms with van der Waals surface area (Å²) in [4.78, 5) is 12.7. The Bertz CT molecular complexity index is 1020. The van der Waals surface area contributed by atoms with Gasteiger partial charge in [-0.2, -0.15) is 0 Å². The summed E-state index contributed by atoms with van der Waals surface area (Å²) < 4.78 is 42.7. The normalized spacial score (nSPS) is 12.1. The first-order valence-corrected chi connectivity index (χ1v) is 10.9. The maximum atomic E-state index is 12.8. The summed E-state index contributed by atoms with van der Waals surface area (Å²) in [5, 5.41) is 5.69. The molecule has 174 valence electrons. The maximum Gasteiger partial charge on any atom is 0.573 e. The molecule has 1 unspecified atom stereocenters. The van der Waals surface area contributed by atoms with E-state index in [2.05, 4.69) is 22.3 Å². The Morgan fingerprint density at radius 1 is 0.939 bits per heavy atom. The molecule has 0 aromatic heterocycles. The molecule has 0 heterocycles. The van der Waals surface area contributed by atoms with Gasteiger partial charge in [-0.1, -0.05) is 74.0 Å². The number of benzene rings is 3. The number of para-hydroxylation sites is 1. The number of carbonyl (C=O) groups is 1. The van der Waals surface area contributed by atoms with Crippen LogP contribution in [-0.2, 0) is 12.8 Å². The number of rotatable bonds is 9. The highest BCUT2D eigenvalue weighted by atomic mass is 19.4. The molecule has 0 aliphatic rings. The number of ether oxygens (including phenoxy) is 1. The van der Waals surface area contributed by atoms with Gasteiger partial charge in [0.1, 0.15) is 5.75 Å². The average molecular weight is 457 g/mol. The van der Waals surface area contributed by atoms with Crippen molar-refractivity contribution < 1.29 is 22.7 Å². The highest BCUT2D eigenvalue weighted by Gasteiger charge is 2.32. The molecule has 0 saturated carbocycles. The van der Waals surface area contributed by atoms with Crippen molar-refractivity contribution in [2.75, 3.05) is 5.32 Å². The molecule has 3 aromatic rings. The second-order valence-corrected chi connectivity index (χ2v) is 7.72. The lowest BCUT2D eigenvalue weighted by Gasteiger charge is -2.21. The van der Waals surface area contributed by atoms with Gasteiger partial charge in [-0.25, -0.2) is 4.79 Å². The zero-order valence-electron chi connectivity index (χ0n) is 18.4. The predicted octanol–water partition coefficient (Wildman–Crippen LogP) is 7.03. The van der Waals surface area contributed by atoms with Crippen molar-refractivity contribution in [2.45, 2.75) is 45.0 Å². The van der Waals surface area contributed by atoms with Crippen LogP contribution in [0.2, 0.25) is 0 Å². The molecule has 7 heteroatoms. The molecule has 1 atom stereocenters. The fourth-order valence-electron chi connectivity index (χ4n) is 3.52. The SMILES string of the molecule is CCCCc1ccc(NC(=O)NC(Cc2ccccc2OC(F)(F)F)c2ccccc2)cc1. The van der Waals surface area contributed by atoms with Crippen LogP contribution < -0.4 is 15.4 Å². The number of carbonyl (C=O) groups excluding carboxylic acids is 1. The van der Waals surface area contributed by atoms with Crippen molar-refractivity contribution in [1.82, 2.24) is 5.32 Å². The van der Waals surface area contributed by atoms with E-state index in [1.165, 1.54) is 17.7 Å². The number of amides is 2. The van der Waals surface area contributed by atoms with Crippen LogP contribution in [0.1, 0.15) is 42.5 Å². The van der Waals surface area contributed by atoms with Crippen molar-refractivity contribution in [3.05, 3.63) is 95.6 Å². The summed E-state index contributed by atoms with van der Waals surface area (Å²) in [6, 6.07) is 21.7. The Labute approximate surface area is 191 Å². The molecule has 0 radical (unpaired) electrons. The van der Waals surface area contributed by atoms with E-state index in [1.807, 2.05) is 54.6 Å². The van der Waals surface area contributed by atoms with Crippen LogP contribution in [0, 0.1) is 0 Å². The van der Waals surface area contributed by atoms with Crippen molar-refractivity contribution >= 4 is 11.7 Å². The number of hydrogen-bond donors (Lipinski definition) is 2. The van der Waals surface area contributed by atoms with Gasteiger partial charge in [0, 0.05) is 12.1 Å². The van der Waals surface area contributed by atoms with Crippen LogP contribution in [0.4, 0.5) is 23.7 Å². The molecule has 0 aliphatic heterocycles. The summed E-state index contributed by atoms with van der Waals surface area (Å²) in [6.07, 6.45) is -1.48. The molecule has 2 N–H and O–H groups in total. The molecule has 33 heavy (non-hydrogen) atoms. The smallest absolute Gasteiger partial charge is 0.406 e. The van der Waals surface area contributed by atoms with Gasteiger partial charge < -0.3 is 15.4 Å². The molecular formula is C26H27F3N2O2. The number of alkyl halides is 3. The number of nitrogens with one attached hydrogen (secondary N) is 2. The van der Waals surface area contributed by atoms with Crippen molar-refractivity contribution in [2.24, 2.45) is 0 Å². The predicted molar refractivity (Wildman–Crippen MR) is 123 cm³/mol. The van der Waals surface area contributed by atoms with E-state index in [1.54, 1.807) is 12.1 Å². The monoisotopic (exact) mass is 456 g/mol. The summed E-state index contributed by atoms with van der Waals surface area (Å²) >= 11 is 0. The molecule has 0 fully saturated rings. The summed E-state index contributed by atoms with van der Waals surface area (Å²) in [6.45, 7) is 2.14. The van der Waals surface area contributed by atoms with Gasteiger partial charge in [0.25, 0.3) is 0 Å². The lowest BCUT2D eigenvalue weighted by Crippen LogP contribution is -2.34. The number of halogens is 3. The molecule has 2 amide bonds. The van der Waals surface area contributed by atoms with Crippen LogP contribution >= 0.6 is 0 Å². The lowest BCUT2D eigenvalue weighted by molar-refractivity contribution is -0.274. The van der Waals surface area contributed by atoms with Gasteiger partial charge >= 0.3 is 12.4 Å². The molecule has 0 spiro atoms.